The van der Waals surface area contributed by atoms with Crippen molar-refractivity contribution < 1.29 is 23.9 Å². The van der Waals surface area contributed by atoms with Crippen molar-refractivity contribution in [3.05, 3.63) is 62.4 Å². The number of aromatic amines is 2. The smallest absolute Gasteiger partial charge is 0.328 e. The zero-order valence-corrected chi connectivity index (χ0v) is 17.9. The highest BCUT2D eigenvalue weighted by Gasteiger charge is 2.24. The average Bonchev–Trinajstić information content (AvgIpc) is 2.76. The van der Waals surface area contributed by atoms with Gasteiger partial charge in [0.15, 0.2) is 0 Å². The molecule has 0 aliphatic carbocycles. The molecule has 2 rings (SSSR count). The Morgan fingerprint density at radius 1 is 1.03 bits per heavy atom. The van der Waals surface area contributed by atoms with E-state index in [1.165, 1.54) is 6.20 Å². The Bertz CT molecular complexity index is 1040. The summed E-state index contributed by atoms with van der Waals surface area (Å²) in [5.74, 6) is -1.60. The standard InChI is InChI=1S/C21H26N4O7/c1-3-31-17(26)10-9-16(20(29)32-4-2)24-18(27)13-5-7-15(8-6-13)22-11-14-12-23-21(30)25-19(14)28/h5-8,12,16,22H,3-4,9-11H2,1-2H3,(H,24,27)(H2,23,25,28,30)/t16-/m0/s1. The second kappa shape index (κ2) is 12.1. The number of H-pyrrole nitrogens is 2. The van der Waals surface area contributed by atoms with Gasteiger partial charge in [0.1, 0.15) is 6.04 Å². The molecule has 1 aromatic carbocycles. The summed E-state index contributed by atoms with van der Waals surface area (Å²) in [5, 5.41) is 5.59. The van der Waals surface area contributed by atoms with Gasteiger partial charge in [-0.15, -0.1) is 0 Å². The summed E-state index contributed by atoms with van der Waals surface area (Å²) in [6, 6.07) is 5.36. The van der Waals surface area contributed by atoms with E-state index in [0.29, 0.717) is 16.8 Å². The fourth-order valence-electron chi connectivity index (χ4n) is 2.73. The van der Waals surface area contributed by atoms with Crippen LogP contribution in [0.25, 0.3) is 0 Å². The van der Waals surface area contributed by atoms with Crippen molar-refractivity contribution >= 4 is 23.5 Å². The van der Waals surface area contributed by atoms with Crippen LogP contribution in [0.4, 0.5) is 5.69 Å². The lowest BCUT2D eigenvalue weighted by Crippen LogP contribution is -2.42. The Kier molecular flexibility index (Phi) is 9.21. The van der Waals surface area contributed by atoms with E-state index in [1.54, 1.807) is 38.1 Å². The van der Waals surface area contributed by atoms with Crippen LogP contribution in [0, 0.1) is 0 Å². The van der Waals surface area contributed by atoms with Gasteiger partial charge in [-0.25, -0.2) is 9.59 Å². The number of hydrogen-bond donors (Lipinski definition) is 4. The average molecular weight is 446 g/mol. The molecule has 0 saturated carbocycles. The molecule has 0 unspecified atom stereocenters. The number of rotatable bonds is 11. The number of hydrogen-bond acceptors (Lipinski definition) is 8. The molecular formula is C21H26N4O7. The number of aromatic nitrogens is 2. The molecule has 1 amide bonds. The first kappa shape index (κ1) is 24.4. The summed E-state index contributed by atoms with van der Waals surface area (Å²) >= 11 is 0. The predicted molar refractivity (Wildman–Crippen MR) is 115 cm³/mol. The van der Waals surface area contributed by atoms with Gasteiger partial charge in [-0.2, -0.15) is 0 Å². The normalized spacial score (nSPS) is 11.3. The highest BCUT2D eigenvalue weighted by Crippen LogP contribution is 2.11. The summed E-state index contributed by atoms with van der Waals surface area (Å²) in [4.78, 5) is 63.6. The third-order valence-corrected chi connectivity index (χ3v) is 4.35. The summed E-state index contributed by atoms with van der Waals surface area (Å²) in [7, 11) is 0. The Morgan fingerprint density at radius 3 is 2.34 bits per heavy atom. The monoisotopic (exact) mass is 446 g/mol. The first-order valence-corrected chi connectivity index (χ1v) is 10.1. The van der Waals surface area contributed by atoms with E-state index >= 15 is 0 Å². The molecule has 172 valence electrons. The number of ether oxygens (including phenoxy) is 2. The van der Waals surface area contributed by atoms with Crippen molar-refractivity contribution in [2.75, 3.05) is 18.5 Å². The van der Waals surface area contributed by atoms with Crippen LogP contribution in [0.2, 0.25) is 0 Å². The van der Waals surface area contributed by atoms with Gasteiger partial charge >= 0.3 is 17.6 Å². The molecule has 0 fully saturated rings. The first-order valence-electron chi connectivity index (χ1n) is 10.1. The topological polar surface area (TPSA) is 159 Å². The predicted octanol–water partition coefficient (Wildman–Crippen LogP) is 0.680. The molecule has 1 heterocycles. The minimum Gasteiger partial charge on any atom is -0.466 e. The minimum absolute atomic E-state index is 0.0374. The van der Waals surface area contributed by atoms with Crippen LogP contribution in [0.1, 0.15) is 42.6 Å². The molecule has 0 saturated heterocycles. The van der Waals surface area contributed by atoms with Gasteiger partial charge in [-0.1, -0.05) is 0 Å². The lowest BCUT2D eigenvalue weighted by Gasteiger charge is -2.17. The molecule has 0 radical (unpaired) electrons. The molecule has 11 heteroatoms. The molecule has 11 nitrogen and oxygen atoms in total. The van der Waals surface area contributed by atoms with Crippen LogP contribution in [0.5, 0.6) is 0 Å². The second-order valence-electron chi connectivity index (χ2n) is 6.65. The largest absolute Gasteiger partial charge is 0.466 e. The fourth-order valence-corrected chi connectivity index (χ4v) is 2.73. The Hall–Kier alpha value is -3.89. The maximum absolute atomic E-state index is 12.6. The number of benzene rings is 1. The quantitative estimate of drug-likeness (QED) is 0.367. The highest BCUT2D eigenvalue weighted by molar-refractivity contribution is 5.97. The van der Waals surface area contributed by atoms with E-state index in [1.807, 2.05) is 0 Å². The lowest BCUT2D eigenvalue weighted by molar-refractivity contribution is -0.146. The molecule has 4 N–H and O–H groups in total. The van der Waals surface area contributed by atoms with Crippen molar-refractivity contribution in [2.45, 2.75) is 39.3 Å². The second-order valence-corrected chi connectivity index (χ2v) is 6.65. The van der Waals surface area contributed by atoms with Gasteiger partial charge in [0.05, 0.1) is 18.8 Å². The highest BCUT2D eigenvalue weighted by atomic mass is 16.5. The van der Waals surface area contributed by atoms with Crippen molar-refractivity contribution in [2.24, 2.45) is 0 Å². The van der Waals surface area contributed by atoms with Crippen molar-refractivity contribution in [1.29, 1.82) is 0 Å². The molecule has 0 aliphatic heterocycles. The molecule has 32 heavy (non-hydrogen) atoms. The lowest BCUT2D eigenvalue weighted by atomic mass is 10.1. The van der Waals surface area contributed by atoms with E-state index < -0.39 is 35.1 Å². The zero-order chi connectivity index (χ0) is 23.5. The molecule has 2 aromatic rings. The Morgan fingerprint density at radius 2 is 1.72 bits per heavy atom. The fraction of sp³-hybridized carbons (Fsp3) is 0.381. The Balaban J connectivity index is 1.98. The van der Waals surface area contributed by atoms with Crippen LogP contribution in [-0.2, 0) is 25.6 Å². The zero-order valence-electron chi connectivity index (χ0n) is 17.9. The minimum atomic E-state index is -0.989. The van der Waals surface area contributed by atoms with Crippen LogP contribution < -0.4 is 21.9 Å². The molecule has 1 atom stereocenters. The van der Waals surface area contributed by atoms with Gasteiger partial charge in [0, 0.05) is 30.4 Å². The van der Waals surface area contributed by atoms with Crippen molar-refractivity contribution in [1.82, 2.24) is 15.3 Å². The van der Waals surface area contributed by atoms with Crippen LogP contribution in [0.15, 0.2) is 40.1 Å². The maximum atomic E-state index is 12.6. The van der Waals surface area contributed by atoms with Crippen molar-refractivity contribution in [3.8, 4) is 0 Å². The van der Waals surface area contributed by atoms with E-state index in [-0.39, 0.29) is 32.6 Å². The number of carbonyl (C=O) groups excluding carboxylic acids is 3. The molecule has 1 aromatic heterocycles. The summed E-state index contributed by atoms with van der Waals surface area (Å²) < 4.78 is 9.83. The van der Waals surface area contributed by atoms with E-state index in [2.05, 4.69) is 20.6 Å². The van der Waals surface area contributed by atoms with Crippen LogP contribution >= 0.6 is 0 Å². The van der Waals surface area contributed by atoms with Crippen molar-refractivity contribution in [3.63, 3.8) is 0 Å². The number of amides is 1. The van der Waals surface area contributed by atoms with E-state index in [9.17, 15) is 24.0 Å². The van der Waals surface area contributed by atoms with E-state index in [0.717, 1.165) is 0 Å². The maximum Gasteiger partial charge on any atom is 0.328 e. The number of anilines is 1. The van der Waals surface area contributed by atoms with E-state index in [4.69, 9.17) is 9.47 Å². The van der Waals surface area contributed by atoms with Gasteiger partial charge in [0.25, 0.3) is 11.5 Å². The molecule has 0 spiro atoms. The summed E-state index contributed by atoms with van der Waals surface area (Å²) in [5.41, 5.74) is 0.187. The number of esters is 2. The SMILES string of the molecule is CCOC(=O)CC[C@H](NC(=O)c1ccc(NCc2c[nH]c(=O)[nH]c2=O)cc1)C(=O)OCC. The van der Waals surface area contributed by atoms with Crippen LogP contribution in [0.3, 0.4) is 0 Å². The number of carbonyl (C=O) groups is 3. The molecule has 0 bridgehead atoms. The number of nitrogens with one attached hydrogen (secondary N) is 4. The van der Waals surface area contributed by atoms with Gasteiger partial charge < -0.3 is 25.1 Å². The molecular weight excluding hydrogens is 420 g/mol. The van der Waals surface area contributed by atoms with Gasteiger partial charge in [0.2, 0.25) is 0 Å². The first-order chi connectivity index (χ1) is 15.3. The van der Waals surface area contributed by atoms with Gasteiger partial charge in [-0.05, 0) is 44.5 Å². The third kappa shape index (κ3) is 7.42. The van der Waals surface area contributed by atoms with Gasteiger partial charge in [-0.3, -0.25) is 19.4 Å². The van der Waals surface area contributed by atoms with Crippen LogP contribution in [-0.4, -0.2) is 47.1 Å². The Labute approximate surface area is 183 Å². The third-order valence-electron chi connectivity index (χ3n) is 4.35. The summed E-state index contributed by atoms with van der Waals surface area (Å²) in [6.07, 6.45) is 1.34. The summed E-state index contributed by atoms with van der Waals surface area (Å²) in [6.45, 7) is 3.86. The molecule has 0 aliphatic rings.